The Balaban J connectivity index is 1.94. The van der Waals surface area contributed by atoms with Gasteiger partial charge in [0.15, 0.2) is 4.90 Å². The van der Waals surface area contributed by atoms with E-state index in [1.165, 1.54) is 28.6 Å². The predicted octanol–water partition coefficient (Wildman–Crippen LogP) is 1.31. The highest BCUT2D eigenvalue weighted by Crippen LogP contribution is 2.36. The first-order valence-corrected chi connectivity index (χ1v) is 8.95. The molecule has 2 aliphatic rings. The number of rotatable bonds is 6. The molecule has 3 rings (SSSR count). The number of nitrogens with zero attached hydrogens (tertiary/aromatic N) is 2. The van der Waals surface area contributed by atoms with Gasteiger partial charge in [-0.15, -0.1) is 0 Å². The molecule has 0 aromatic heterocycles. The molecular weight excluding hydrogens is 325 g/mol. The van der Waals surface area contributed by atoms with Crippen molar-refractivity contribution in [3.63, 3.8) is 0 Å². The van der Waals surface area contributed by atoms with Gasteiger partial charge in [-0.25, -0.2) is 12.8 Å². The molecule has 0 amide bonds. The molecular formula is C14H18FN3O4S. The van der Waals surface area contributed by atoms with Crippen molar-refractivity contribution in [1.82, 2.24) is 9.62 Å². The number of nitro groups is 1. The van der Waals surface area contributed by atoms with Gasteiger partial charge in [0.25, 0.3) is 5.69 Å². The second kappa shape index (κ2) is 6.14. The van der Waals surface area contributed by atoms with Crippen molar-refractivity contribution in [2.75, 3.05) is 19.6 Å². The number of alkyl halides is 1. The summed E-state index contributed by atoms with van der Waals surface area (Å²) < 4.78 is 40.9. The van der Waals surface area contributed by atoms with Crippen LogP contribution in [0.1, 0.15) is 12.8 Å². The third-order valence-corrected chi connectivity index (χ3v) is 6.24. The van der Waals surface area contributed by atoms with Gasteiger partial charge >= 0.3 is 0 Å². The average Bonchev–Trinajstić information content (AvgIpc) is 3.27. The molecule has 1 saturated heterocycles. The highest BCUT2D eigenvalue weighted by molar-refractivity contribution is 7.89. The SMILES string of the molecule is O=[N+]([O-])c1ccccc1S(=O)(=O)N(C[C@H]1CNC[C@H]1F)C1CC1. The van der Waals surface area contributed by atoms with Crippen molar-refractivity contribution in [1.29, 1.82) is 0 Å². The van der Waals surface area contributed by atoms with Crippen molar-refractivity contribution in [3.05, 3.63) is 34.4 Å². The first kappa shape index (κ1) is 16.3. The van der Waals surface area contributed by atoms with E-state index in [9.17, 15) is 22.9 Å². The van der Waals surface area contributed by atoms with Crippen molar-refractivity contribution < 1.29 is 17.7 Å². The van der Waals surface area contributed by atoms with E-state index in [1.54, 1.807) is 0 Å². The van der Waals surface area contributed by atoms with Crippen LogP contribution in [0, 0.1) is 16.0 Å². The van der Waals surface area contributed by atoms with Gasteiger partial charge in [0.2, 0.25) is 10.0 Å². The van der Waals surface area contributed by atoms with Crippen molar-refractivity contribution >= 4 is 15.7 Å². The molecule has 23 heavy (non-hydrogen) atoms. The van der Waals surface area contributed by atoms with Gasteiger partial charge in [0.1, 0.15) is 6.17 Å². The summed E-state index contributed by atoms with van der Waals surface area (Å²) in [6.07, 6.45) is 0.311. The van der Waals surface area contributed by atoms with Crippen molar-refractivity contribution in [3.8, 4) is 0 Å². The molecule has 2 atom stereocenters. The van der Waals surface area contributed by atoms with E-state index in [0.717, 1.165) is 0 Å². The molecule has 1 aromatic carbocycles. The fraction of sp³-hybridized carbons (Fsp3) is 0.571. The van der Waals surface area contributed by atoms with E-state index < -0.39 is 32.7 Å². The minimum absolute atomic E-state index is 0.0488. The van der Waals surface area contributed by atoms with Gasteiger partial charge < -0.3 is 5.32 Å². The lowest BCUT2D eigenvalue weighted by atomic mass is 10.1. The monoisotopic (exact) mass is 343 g/mol. The van der Waals surface area contributed by atoms with Crippen LogP contribution < -0.4 is 5.32 Å². The maximum Gasteiger partial charge on any atom is 0.289 e. The van der Waals surface area contributed by atoms with Crippen LogP contribution in [0.2, 0.25) is 0 Å². The van der Waals surface area contributed by atoms with Gasteiger partial charge in [0, 0.05) is 37.7 Å². The molecule has 1 aliphatic heterocycles. The number of nitro benzene ring substituents is 1. The minimum atomic E-state index is -4.03. The molecule has 126 valence electrons. The number of nitrogens with one attached hydrogen (secondary N) is 1. The topological polar surface area (TPSA) is 92.5 Å². The Morgan fingerprint density at radius 2 is 2.00 bits per heavy atom. The normalized spacial score (nSPS) is 25.0. The summed E-state index contributed by atoms with van der Waals surface area (Å²) in [7, 11) is -4.03. The van der Waals surface area contributed by atoms with Crippen LogP contribution in [0.5, 0.6) is 0 Å². The summed E-state index contributed by atoms with van der Waals surface area (Å²) in [5, 5.41) is 14.0. The molecule has 7 nitrogen and oxygen atoms in total. The average molecular weight is 343 g/mol. The molecule has 0 unspecified atom stereocenters. The third-order valence-electron chi connectivity index (χ3n) is 4.27. The zero-order valence-corrected chi connectivity index (χ0v) is 13.2. The number of halogens is 1. The Morgan fingerprint density at radius 3 is 2.57 bits per heavy atom. The van der Waals surface area contributed by atoms with E-state index in [2.05, 4.69) is 5.32 Å². The summed E-state index contributed by atoms with van der Waals surface area (Å²) in [6, 6.07) is 5.11. The van der Waals surface area contributed by atoms with Crippen LogP contribution in [-0.2, 0) is 10.0 Å². The molecule has 1 heterocycles. The summed E-state index contributed by atoms with van der Waals surface area (Å²) >= 11 is 0. The highest BCUT2D eigenvalue weighted by atomic mass is 32.2. The number of benzene rings is 1. The van der Waals surface area contributed by atoms with Crippen molar-refractivity contribution in [2.24, 2.45) is 5.92 Å². The van der Waals surface area contributed by atoms with Gasteiger partial charge in [-0.2, -0.15) is 4.31 Å². The molecule has 0 spiro atoms. The third kappa shape index (κ3) is 3.22. The smallest absolute Gasteiger partial charge is 0.289 e. The number of para-hydroxylation sites is 1. The van der Waals surface area contributed by atoms with Gasteiger partial charge in [0.05, 0.1) is 4.92 Å². The van der Waals surface area contributed by atoms with E-state index in [-0.39, 0.29) is 24.0 Å². The maximum atomic E-state index is 13.8. The van der Waals surface area contributed by atoms with Crippen LogP contribution in [0.25, 0.3) is 0 Å². The van der Waals surface area contributed by atoms with E-state index in [4.69, 9.17) is 0 Å². The number of sulfonamides is 1. The fourth-order valence-corrected chi connectivity index (χ4v) is 4.77. The van der Waals surface area contributed by atoms with Crippen LogP contribution in [0.15, 0.2) is 29.2 Å². The zero-order chi connectivity index (χ0) is 16.6. The summed E-state index contributed by atoms with van der Waals surface area (Å²) in [6.45, 7) is 0.679. The quantitative estimate of drug-likeness (QED) is 0.621. The second-order valence-corrected chi connectivity index (χ2v) is 7.82. The molecule has 1 saturated carbocycles. The van der Waals surface area contributed by atoms with Crippen LogP contribution in [0.3, 0.4) is 0 Å². The lowest BCUT2D eigenvalue weighted by Crippen LogP contribution is -2.39. The highest BCUT2D eigenvalue weighted by Gasteiger charge is 2.43. The van der Waals surface area contributed by atoms with E-state index in [0.29, 0.717) is 19.4 Å². The molecule has 1 N–H and O–H groups in total. The van der Waals surface area contributed by atoms with E-state index >= 15 is 0 Å². The maximum absolute atomic E-state index is 13.8. The molecule has 9 heteroatoms. The summed E-state index contributed by atoms with van der Waals surface area (Å²) in [5.74, 6) is -0.423. The van der Waals surface area contributed by atoms with Gasteiger partial charge in [-0.05, 0) is 18.9 Å². The lowest BCUT2D eigenvalue weighted by molar-refractivity contribution is -0.387. The second-order valence-electron chi connectivity index (χ2n) is 5.97. The first-order chi connectivity index (χ1) is 10.9. The molecule has 0 bridgehead atoms. The standard InChI is InChI=1S/C14H18FN3O4S/c15-12-8-16-7-10(12)9-17(11-5-6-11)23(21,22)14-4-2-1-3-13(14)18(19)20/h1-4,10-12,16H,5-9H2/t10-,12-/m1/s1. The van der Waals surface area contributed by atoms with Gasteiger partial charge in [-0.1, -0.05) is 12.1 Å². The first-order valence-electron chi connectivity index (χ1n) is 7.51. The van der Waals surface area contributed by atoms with Crippen LogP contribution in [0.4, 0.5) is 10.1 Å². The Hall–Kier alpha value is -1.58. The largest absolute Gasteiger partial charge is 0.313 e. The van der Waals surface area contributed by atoms with Gasteiger partial charge in [-0.3, -0.25) is 10.1 Å². The molecule has 1 aliphatic carbocycles. The number of hydrogen-bond donors (Lipinski definition) is 1. The van der Waals surface area contributed by atoms with Crippen LogP contribution >= 0.6 is 0 Å². The molecule has 2 fully saturated rings. The summed E-state index contributed by atoms with van der Waals surface area (Å²) in [5.41, 5.74) is -0.445. The Bertz CT molecular complexity index is 708. The zero-order valence-electron chi connectivity index (χ0n) is 12.4. The lowest BCUT2D eigenvalue weighted by Gasteiger charge is -2.25. The number of hydrogen-bond acceptors (Lipinski definition) is 5. The molecule has 1 aromatic rings. The Morgan fingerprint density at radius 1 is 1.30 bits per heavy atom. The van der Waals surface area contributed by atoms with Crippen LogP contribution in [-0.4, -0.2) is 49.5 Å². The molecule has 0 radical (unpaired) electrons. The summed E-state index contributed by atoms with van der Waals surface area (Å²) in [4.78, 5) is 10.1. The van der Waals surface area contributed by atoms with Crippen molar-refractivity contribution in [2.45, 2.75) is 30.0 Å². The Labute approximate surface area is 133 Å². The predicted molar refractivity (Wildman–Crippen MR) is 81.3 cm³/mol. The Kier molecular flexibility index (Phi) is 4.35. The fourth-order valence-electron chi connectivity index (χ4n) is 2.87. The van der Waals surface area contributed by atoms with E-state index in [1.807, 2.05) is 0 Å². The minimum Gasteiger partial charge on any atom is -0.313 e.